The lowest BCUT2D eigenvalue weighted by atomic mass is 10.1. The molecule has 0 saturated carbocycles. The normalized spacial score (nSPS) is 11.2. The van der Waals surface area contributed by atoms with Gasteiger partial charge in [-0.25, -0.2) is 4.39 Å². The van der Waals surface area contributed by atoms with Crippen molar-refractivity contribution in [2.75, 3.05) is 6.54 Å². The maximum absolute atomic E-state index is 14.2. The van der Waals surface area contributed by atoms with Gasteiger partial charge in [0.2, 0.25) is 0 Å². The average molecular weight is 489 g/mol. The molecule has 0 aliphatic rings. The molecule has 1 N–H and O–H groups in total. The van der Waals surface area contributed by atoms with Crippen molar-refractivity contribution in [1.82, 2.24) is 9.88 Å². The van der Waals surface area contributed by atoms with Gasteiger partial charge in [0.15, 0.2) is 0 Å². The van der Waals surface area contributed by atoms with Gasteiger partial charge in [0, 0.05) is 57.0 Å². The Morgan fingerprint density at radius 3 is 2.59 bits per heavy atom. The van der Waals surface area contributed by atoms with Crippen molar-refractivity contribution < 1.29 is 9.18 Å². The van der Waals surface area contributed by atoms with Gasteiger partial charge >= 0.3 is 0 Å². The molecular weight excluding hydrogens is 467 g/mol. The van der Waals surface area contributed by atoms with E-state index in [1.807, 2.05) is 54.6 Å². The lowest BCUT2D eigenvalue weighted by Crippen LogP contribution is -2.27. The molecule has 0 unspecified atom stereocenters. The topological polar surface area (TPSA) is 34.0 Å². The van der Waals surface area contributed by atoms with Crippen LogP contribution in [0, 0.1) is 5.82 Å². The van der Waals surface area contributed by atoms with Crippen molar-refractivity contribution in [3.8, 4) is 0 Å². The summed E-state index contributed by atoms with van der Waals surface area (Å²) in [4.78, 5) is 13.7. The predicted octanol–water partition coefficient (Wildman–Crippen LogP) is 7.31. The lowest BCUT2D eigenvalue weighted by Gasteiger charge is -2.08. The summed E-state index contributed by atoms with van der Waals surface area (Å²) in [6.45, 7) is 1.12. The number of para-hydroxylation sites is 1. The van der Waals surface area contributed by atoms with Crippen LogP contribution in [0.5, 0.6) is 0 Å². The summed E-state index contributed by atoms with van der Waals surface area (Å²) in [7, 11) is 0. The van der Waals surface area contributed by atoms with Gasteiger partial charge in [0.1, 0.15) is 5.82 Å². The Labute approximate surface area is 206 Å². The average Bonchev–Trinajstić information content (AvgIpc) is 3.21. The summed E-state index contributed by atoms with van der Waals surface area (Å²) in [5.74, 6) is 0.0595. The van der Waals surface area contributed by atoms with E-state index in [1.54, 1.807) is 23.9 Å². The summed E-state index contributed by atoms with van der Waals surface area (Å²) in [6.07, 6.45) is 2.06. The van der Waals surface area contributed by atoms with Gasteiger partial charge in [0.25, 0.3) is 5.91 Å². The van der Waals surface area contributed by atoms with Crippen molar-refractivity contribution in [3.05, 3.63) is 113 Å². The third kappa shape index (κ3) is 4.67. The van der Waals surface area contributed by atoms with E-state index in [1.165, 1.54) is 6.07 Å². The van der Waals surface area contributed by atoms with Crippen LogP contribution in [0.4, 0.5) is 4.39 Å². The van der Waals surface area contributed by atoms with Crippen LogP contribution in [-0.2, 0) is 12.3 Å². The van der Waals surface area contributed by atoms with Gasteiger partial charge in [0.05, 0.1) is 0 Å². The fraction of sp³-hybridized carbons (Fsp3) is 0.107. The van der Waals surface area contributed by atoms with Crippen molar-refractivity contribution in [2.45, 2.75) is 17.2 Å². The number of carbonyl (C=O) groups is 1. The Bertz CT molecular complexity index is 1480. The third-order valence-electron chi connectivity index (χ3n) is 5.84. The van der Waals surface area contributed by atoms with Gasteiger partial charge < -0.3 is 9.88 Å². The lowest BCUT2D eigenvalue weighted by molar-refractivity contribution is 0.0952. The van der Waals surface area contributed by atoms with E-state index in [0.717, 1.165) is 26.6 Å². The first-order valence-electron chi connectivity index (χ1n) is 11.0. The van der Waals surface area contributed by atoms with Crippen molar-refractivity contribution >= 4 is 50.9 Å². The minimum absolute atomic E-state index is 0.0917. The Morgan fingerprint density at radius 2 is 1.74 bits per heavy atom. The smallest absolute Gasteiger partial charge is 0.251 e. The number of amides is 1. The highest BCUT2D eigenvalue weighted by molar-refractivity contribution is 7.98. The molecule has 170 valence electrons. The first-order valence-corrected chi connectivity index (χ1v) is 12.4. The summed E-state index contributed by atoms with van der Waals surface area (Å²) < 4.78 is 16.3. The molecule has 1 amide bonds. The number of rotatable bonds is 7. The highest BCUT2D eigenvalue weighted by atomic mass is 35.5. The molecule has 0 aliphatic heterocycles. The maximum Gasteiger partial charge on any atom is 0.251 e. The van der Waals surface area contributed by atoms with Crippen LogP contribution in [0.3, 0.4) is 0 Å². The van der Waals surface area contributed by atoms with Gasteiger partial charge in [-0.05, 0) is 41.1 Å². The first kappa shape index (κ1) is 22.5. The van der Waals surface area contributed by atoms with Gasteiger partial charge in [-0.15, -0.1) is 11.8 Å². The number of nitrogens with one attached hydrogen (secondary N) is 1. The molecule has 0 bridgehead atoms. The molecule has 0 atom stereocenters. The summed E-state index contributed by atoms with van der Waals surface area (Å²) >= 11 is 7.76. The number of fused-ring (bicyclic) bond motifs is 2. The number of hydrogen-bond acceptors (Lipinski definition) is 2. The monoisotopic (exact) mass is 488 g/mol. The van der Waals surface area contributed by atoms with Crippen LogP contribution >= 0.6 is 23.4 Å². The molecule has 1 heterocycles. The summed E-state index contributed by atoms with van der Waals surface area (Å²) in [6, 6.07) is 26.6. The van der Waals surface area contributed by atoms with Crippen LogP contribution in [0.2, 0.25) is 5.02 Å². The van der Waals surface area contributed by atoms with Crippen LogP contribution in [0.1, 0.15) is 15.9 Å². The standard InChI is InChI=1S/C28H22ClFN2OS/c29-24-9-5-10-25(30)23(24)18-34-27-17-32(26-11-4-3-8-22(26)27)15-14-31-28(33)21-13-12-19-6-1-2-7-20(19)16-21/h1-13,16-17H,14-15,18H2,(H,31,33). The molecule has 4 aromatic carbocycles. The molecule has 34 heavy (non-hydrogen) atoms. The zero-order valence-electron chi connectivity index (χ0n) is 18.3. The second-order valence-electron chi connectivity index (χ2n) is 8.01. The zero-order valence-corrected chi connectivity index (χ0v) is 19.9. The van der Waals surface area contributed by atoms with E-state index in [9.17, 15) is 9.18 Å². The van der Waals surface area contributed by atoms with E-state index in [2.05, 4.69) is 28.2 Å². The second-order valence-corrected chi connectivity index (χ2v) is 9.43. The Morgan fingerprint density at radius 1 is 0.941 bits per heavy atom. The molecule has 5 aromatic rings. The number of hydrogen-bond donors (Lipinski definition) is 1. The van der Waals surface area contributed by atoms with E-state index < -0.39 is 0 Å². The van der Waals surface area contributed by atoms with E-state index in [-0.39, 0.29) is 11.7 Å². The number of aromatic nitrogens is 1. The fourth-order valence-electron chi connectivity index (χ4n) is 4.06. The first-order chi connectivity index (χ1) is 16.6. The Hall–Kier alpha value is -3.28. The Kier molecular flexibility index (Phi) is 6.57. The molecule has 0 aliphatic carbocycles. The van der Waals surface area contributed by atoms with Crippen molar-refractivity contribution in [1.29, 1.82) is 0 Å². The van der Waals surface area contributed by atoms with Gasteiger partial charge in [-0.1, -0.05) is 66.2 Å². The van der Waals surface area contributed by atoms with Crippen LogP contribution in [0.15, 0.2) is 96.0 Å². The van der Waals surface area contributed by atoms with Crippen LogP contribution in [-0.4, -0.2) is 17.0 Å². The molecule has 5 rings (SSSR count). The van der Waals surface area contributed by atoms with E-state index >= 15 is 0 Å². The molecule has 6 heteroatoms. The highest BCUT2D eigenvalue weighted by Crippen LogP contribution is 2.34. The quantitative estimate of drug-likeness (QED) is 0.244. The maximum atomic E-state index is 14.2. The van der Waals surface area contributed by atoms with Gasteiger partial charge in [-0.3, -0.25) is 4.79 Å². The Balaban J connectivity index is 1.28. The minimum Gasteiger partial charge on any atom is -0.350 e. The molecular formula is C28H22ClFN2OS. The minimum atomic E-state index is -0.292. The highest BCUT2D eigenvalue weighted by Gasteiger charge is 2.13. The zero-order chi connectivity index (χ0) is 23.5. The molecule has 0 fully saturated rings. The molecule has 0 saturated heterocycles. The summed E-state index contributed by atoms with van der Waals surface area (Å²) in [5.41, 5.74) is 2.23. The molecule has 1 aromatic heterocycles. The van der Waals surface area contributed by atoms with E-state index in [4.69, 9.17) is 11.6 Å². The number of benzene rings is 4. The van der Waals surface area contributed by atoms with Crippen molar-refractivity contribution in [3.63, 3.8) is 0 Å². The third-order valence-corrected chi connectivity index (χ3v) is 7.26. The van der Waals surface area contributed by atoms with Crippen LogP contribution < -0.4 is 5.32 Å². The molecule has 3 nitrogen and oxygen atoms in total. The molecule has 0 spiro atoms. The van der Waals surface area contributed by atoms with Gasteiger partial charge in [-0.2, -0.15) is 0 Å². The van der Waals surface area contributed by atoms with Crippen molar-refractivity contribution in [2.24, 2.45) is 0 Å². The number of halogens is 2. The fourth-order valence-corrected chi connectivity index (χ4v) is 5.49. The number of thioether (sulfide) groups is 1. The second kappa shape index (κ2) is 9.92. The molecule has 0 radical (unpaired) electrons. The van der Waals surface area contributed by atoms with Crippen LogP contribution in [0.25, 0.3) is 21.7 Å². The number of carbonyl (C=O) groups excluding carboxylic acids is 1. The SMILES string of the molecule is O=C(NCCn1cc(SCc2c(F)cccc2Cl)c2ccccc21)c1ccc2ccccc2c1. The van der Waals surface area contributed by atoms with E-state index in [0.29, 0.717) is 35.0 Å². The largest absolute Gasteiger partial charge is 0.350 e. The summed E-state index contributed by atoms with van der Waals surface area (Å²) in [5, 5.41) is 6.72. The number of nitrogens with zero attached hydrogens (tertiary/aromatic N) is 1. The predicted molar refractivity (Wildman–Crippen MR) is 139 cm³/mol.